The minimum Gasteiger partial charge on any atom is -0.355 e. The second-order valence-corrected chi connectivity index (χ2v) is 11.1. The van der Waals surface area contributed by atoms with Gasteiger partial charge in [-0.15, -0.1) is 0 Å². The van der Waals surface area contributed by atoms with E-state index >= 15 is 0 Å². The van der Waals surface area contributed by atoms with Crippen LogP contribution < -0.4 is 10.4 Å². The van der Waals surface area contributed by atoms with Crippen molar-refractivity contribution in [2.24, 2.45) is 12.0 Å². The highest BCUT2D eigenvalue weighted by Gasteiger charge is 2.25. The van der Waals surface area contributed by atoms with Crippen LogP contribution in [0.2, 0.25) is 0 Å². The molecule has 4 heterocycles. The van der Waals surface area contributed by atoms with Crippen LogP contribution in [0.15, 0.2) is 53.3 Å². The first-order valence-corrected chi connectivity index (χ1v) is 14.3. The molecule has 0 aromatic carbocycles. The summed E-state index contributed by atoms with van der Waals surface area (Å²) in [5, 5.41) is 0. The number of anilines is 1. The molecular formula is C30H45N7. The zero-order valence-electron chi connectivity index (χ0n) is 23.1. The predicted molar refractivity (Wildman–Crippen MR) is 152 cm³/mol. The summed E-state index contributed by atoms with van der Waals surface area (Å²) >= 11 is 0. The molecule has 0 spiro atoms. The van der Waals surface area contributed by atoms with Crippen molar-refractivity contribution >= 4 is 5.82 Å². The van der Waals surface area contributed by atoms with Gasteiger partial charge in [-0.3, -0.25) is 14.8 Å². The van der Waals surface area contributed by atoms with Crippen LogP contribution in [-0.4, -0.2) is 90.7 Å². The molecule has 0 bridgehead atoms. The molecule has 2 aromatic rings. The van der Waals surface area contributed by atoms with Crippen molar-refractivity contribution in [1.82, 2.24) is 24.3 Å². The number of piperazine rings is 1. The molecule has 3 aliphatic rings. The number of piperidine rings is 1. The second-order valence-electron chi connectivity index (χ2n) is 11.1. The highest BCUT2D eigenvalue weighted by atomic mass is 15.3. The summed E-state index contributed by atoms with van der Waals surface area (Å²) in [4.78, 5) is 20.1. The first-order valence-electron chi connectivity index (χ1n) is 14.3. The predicted octanol–water partition coefficient (Wildman–Crippen LogP) is 3.45. The smallest absolute Gasteiger partial charge is 0.134 e. The Balaban J connectivity index is 1.41. The van der Waals surface area contributed by atoms with Crippen molar-refractivity contribution < 1.29 is 0 Å². The molecule has 0 unspecified atom stereocenters. The maximum absolute atomic E-state index is 5.30. The topological polar surface area (TPSA) is 43.1 Å². The van der Waals surface area contributed by atoms with E-state index in [-0.39, 0.29) is 0 Å². The maximum atomic E-state index is 5.30. The van der Waals surface area contributed by atoms with E-state index in [2.05, 4.69) is 81.7 Å². The lowest BCUT2D eigenvalue weighted by molar-refractivity contribution is 0.230. The fraction of sp³-hybridized carbons (Fsp3) is 0.600. The molecule has 2 aromatic heterocycles. The molecule has 2 fully saturated rings. The average molecular weight is 504 g/mol. The molecule has 37 heavy (non-hydrogen) atoms. The normalized spacial score (nSPS) is 22.5. The first kappa shape index (κ1) is 26.1. The summed E-state index contributed by atoms with van der Waals surface area (Å²) in [6, 6.07) is 11.2. The van der Waals surface area contributed by atoms with E-state index in [4.69, 9.17) is 9.98 Å². The summed E-state index contributed by atoms with van der Waals surface area (Å²) in [7, 11) is 6.62. The fourth-order valence-corrected chi connectivity index (χ4v) is 6.08. The van der Waals surface area contributed by atoms with Gasteiger partial charge in [-0.25, -0.2) is 4.99 Å². The van der Waals surface area contributed by atoms with Gasteiger partial charge in [0.25, 0.3) is 0 Å². The van der Waals surface area contributed by atoms with Gasteiger partial charge in [0, 0.05) is 52.5 Å². The Morgan fingerprint density at radius 3 is 2.62 bits per heavy atom. The lowest BCUT2D eigenvalue weighted by atomic mass is 9.91. The molecule has 0 N–H and O–H groups in total. The van der Waals surface area contributed by atoms with Crippen LogP contribution in [0.5, 0.6) is 0 Å². The molecule has 200 valence electrons. The Morgan fingerprint density at radius 2 is 1.81 bits per heavy atom. The van der Waals surface area contributed by atoms with E-state index in [1.165, 1.54) is 55.8 Å². The number of hydrogen-bond acceptors (Lipinski definition) is 6. The number of hydrogen-bond donors (Lipinski definition) is 0. The van der Waals surface area contributed by atoms with Crippen LogP contribution in [0.1, 0.15) is 49.4 Å². The van der Waals surface area contributed by atoms with E-state index in [1.54, 1.807) is 0 Å². The van der Waals surface area contributed by atoms with E-state index in [0.717, 1.165) is 63.3 Å². The number of rotatable bonds is 7. The molecule has 0 radical (unpaired) electrons. The van der Waals surface area contributed by atoms with Crippen LogP contribution in [0.3, 0.4) is 0 Å². The lowest BCUT2D eigenvalue weighted by Crippen LogP contribution is -2.46. The quantitative estimate of drug-likeness (QED) is 0.579. The average Bonchev–Trinajstić information content (AvgIpc) is 2.93. The van der Waals surface area contributed by atoms with Crippen LogP contribution in [0.4, 0.5) is 5.82 Å². The van der Waals surface area contributed by atoms with Crippen molar-refractivity contribution in [3.63, 3.8) is 0 Å². The van der Waals surface area contributed by atoms with Gasteiger partial charge in [-0.05, 0) is 89.1 Å². The first-order chi connectivity index (χ1) is 18.1. The van der Waals surface area contributed by atoms with Crippen molar-refractivity contribution in [1.29, 1.82) is 0 Å². The summed E-state index contributed by atoms with van der Waals surface area (Å²) < 4.78 is 2.28. The summed E-state index contributed by atoms with van der Waals surface area (Å²) in [6.45, 7) is 8.53. The van der Waals surface area contributed by atoms with E-state index in [9.17, 15) is 0 Å². The summed E-state index contributed by atoms with van der Waals surface area (Å²) in [5.41, 5.74) is 4.85. The maximum Gasteiger partial charge on any atom is 0.134 e. The number of likely N-dealkylation sites (tertiary alicyclic amines) is 1. The van der Waals surface area contributed by atoms with Crippen LogP contribution in [0.25, 0.3) is 0 Å². The number of aromatic nitrogens is 2. The molecule has 0 amide bonds. The van der Waals surface area contributed by atoms with Crippen molar-refractivity contribution in [3.05, 3.63) is 65.0 Å². The number of likely N-dealkylation sites (N-methyl/N-ethyl adjacent to an activating group) is 2. The largest absolute Gasteiger partial charge is 0.355 e. The van der Waals surface area contributed by atoms with E-state index in [0.29, 0.717) is 6.04 Å². The van der Waals surface area contributed by atoms with E-state index in [1.807, 2.05) is 6.20 Å². The third-order valence-electron chi connectivity index (χ3n) is 8.41. The van der Waals surface area contributed by atoms with Crippen LogP contribution in [-0.2, 0) is 13.5 Å². The van der Waals surface area contributed by atoms with Gasteiger partial charge < -0.3 is 14.4 Å². The van der Waals surface area contributed by atoms with Gasteiger partial charge in [0.15, 0.2) is 0 Å². The van der Waals surface area contributed by atoms with E-state index < -0.39 is 0 Å². The molecule has 2 aliphatic heterocycles. The molecule has 2 saturated heterocycles. The van der Waals surface area contributed by atoms with Crippen LogP contribution in [0, 0.1) is 0 Å². The van der Waals surface area contributed by atoms with Gasteiger partial charge in [0.05, 0.1) is 17.4 Å². The minimum atomic E-state index is 0.351. The Morgan fingerprint density at radius 1 is 1.00 bits per heavy atom. The molecule has 1 atom stereocenters. The fourth-order valence-electron chi connectivity index (χ4n) is 6.08. The monoisotopic (exact) mass is 503 g/mol. The third-order valence-corrected chi connectivity index (χ3v) is 8.41. The Hall–Kier alpha value is -2.48. The van der Waals surface area contributed by atoms with Gasteiger partial charge in [-0.1, -0.05) is 18.6 Å². The number of pyridine rings is 2. The Bertz CT molecular complexity index is 1120. The Kier molecular flexibility index (Phi) is 8.74. The SMILES string of the molecule is CN1CCN(c2cccc(=N/C(=C/CN3CCCCC3)CN(C)[C@H]3CCCc4cccnc43)n2C)CC1. The standard InChI is InChI=1S/C30H45N7/c1-33-20-22-37(23-21-33)29-14-8-13-28(35(29)3)32-26(15-19-36-17-5-4-6-18-36)24-34(2)27-12-7-10-25-11-9-16-31-30(25)27/h8-9,11,13-16,27H,4-7,10,12,17-24H2,1-3H3/b26-15+,32-28?/t27-/m0/s1. The van der Waals surface area contributed by atoms with Gasteiger partial charge in [0.2, 0.25) is 0 Å². The molecular weight excluding hydrogens is 458 g/mol. The minimum absolute atomic E-state index is 0.351. The number of fused-ring (bicyclic) bond motifs is 1. The zero-order valence-corrected chi connectivity index (χ0v) is 23.1. The second kappa shape index (κ2) is 12.4. The van der Waals surface area contributed by atoms with Crippen molar-refractivity contribution in [2.45, 2.75) is 44.6 Å². The van der Waals surface area contributed by atoms with Crippen molar-refractivity contribution in [2.75, 3.05) is 71.4 Å². The number of aryl methyl sites for hydroxylation is 1. The van der Waals surface area contributed by atoms with Gasteiger partial charge >= 0.3 is 0 Å². The molecule has 0 saturated carbocycles. The molecule has 7 heteroatoms. The Labute approximate surface area is 223 Å². The molecule has 5 rings (SSSR count). The zero-order chi connectivity index (χ0) is 25.6. The highest BCUT2D eigenvalue weighted by Crippen LogP contribution is 2.32. The van der Waals surface area contributed by atoms with Crippen molar-refractivity contribution in [3.8, 4) is 0 Å². The van der Waals surface area contributed by atoms with Gasteiger partial charge in [0.1, 0.15) is 11.3 Å². The lowest BCUT2D eigenvalue weighted by Gasteiger charge is -2.35. The third kappa shape index (κ3) is 6.51. The number of nitrogens with zero attached hydrogens (tertiary/aromatic N) is 7. The highest BCUT2D eigenvalue weighted by molar-refractivity contribution is 5.40. The van der Waals surface area contributed by atoms with Crippen LogP contribution >= 0.6 is 0 Å². The van der Waals surface area contributed by atoms with Gasteiger partial charge in [-0.2, -0.15) is 0 Å². The molecule has 1 aliphatic carbocycles. The molecule has 7 nitrogen and oxygen atoms in total. The summed E-state index contributed by atoms with van der Waals surface area (Å²) in [6.07, 6.45) is 11.8. The summed E-state index contributed by atoms with van der Waals surface area (Å²) in [5.74, 6) is 1.25.